The Morgan fingerprint density at radius 3 is 2.72 bits per heavy atom. The van der Waals surface area contributed by atoms with Gasteiger partial charge in [0, 0.05) is 12.1 Å². The van der Waals surface area contributed by atoms with Gasteiger partial charge in [-0.3, -0.25) is 0 Å². The minimum Gasteiger partial charge on any atom is -0.458 e. The summed E-state index contributed by atoms with van der Waals surface area (Å²) in [6, 6.07) is -0.0134. The largest absolute Gasteiger partial charge is 0.458 e. The van der Waals surface area contributed by atoms with Gasteiger partial charge in [0.15, 0.2) is 11.4 Å². The molecule has 2 aliphatic heterocycles. The number of aliphatic hydroxyl groups excluding tert-OH is 4. The summed E-state index contributed by atoms with van der Waals surface area (Å²) in [4.78, 5) is 10.6. The zero-order valence-corrected chi connectivity index (χ0v) is 13.5. The van der Waals surface area contributed by atoms with E-state index in [4.69, 9.17) is 9.15 Å². The van der Waals surface area contributed by atoms with Crippen LogP contribution in [0.2, 0.25) is 0 Å². The summed E-state index contributed by atoms with van der Waals surface area (Å²) in [5.74, 6) is 0.597. The molecule has 5 atom stereocenters. The number of ether oxygens (including phenoxy) is 1. The van der Waals surface area contributed by atoms with Crippen molar-refractivity contribution in [2.45, 2.75) is 43.3 Å². The molecule has 136 valence electrons. The average molecular weight is 351 g/mol. The third-order valence-corrected chi connectivity index (χ3v) is 5.07. The maximum absolute atomic E-state index is 10.2. The Morgan fingerprint density at radius 2 is 2.00 bits per heavy atom. The van der Waals surface area contributed by atoms with Crippen molar-refractivity contribution in [3.05, 3.63) is 18.2 Å². The minimum atomic E-state index is -1.19. The predicted octanol–water partition coefficient (Wildman–Crippen LogP) is -0.662. The van der Waals surface area contributed by atoms with Gasteiger partial charge in [-0.25, -0.2) is 9.97 Å². The fourth-order valence-corrected chi connectivity index (χ4v) is 3.72. The number of hydrogen-bond acceptors (Lipinski definition) is 9. The Hall–Kier alpha value is -1.78. The summed E-state index contributed by atoms with van der Waals surface area (Å²) in [5.41, 5.74) is 1.44. The highest BCUT2D eigenvalue weighted by Gasteiger charge is 2.44. The molecule has 2 aromatic heterocycles. The second-order valence-corrected chi connectivity index (χ2v) is 6.50. The van der Waals surface area contributed by atoms with Gasteiger partial charge in [0.25, 0.3) is 0 Å². The van der Waals surface area contributed by atoms with Crippen molar-refractivity contribution in [2.75, 3.05) is 24.7 Å². The molecule has 2 aliphatic rings. The molecule has 0 bridgehead atoms. The van der Waals surface area contributed by atoms with E-state index in [2.05, 4.69) is 9.97 Å². The standard InChI is InChI=1S/C16H21N3O6/c20-4-8-2-1-3-19(8)16-15-11(17-7-18-16)9(6-24-15)14-13(23)12(22)10(5-21)25-14/h6-8,10,12-14,20-23H,1-5H2/t8?,10-,12-,13-,14?/m1/s1. The van der Waals surface area contributed by atoms with Crippen molar-refractivity contribution >= 4 is 16.9 Å². The van der Waals surface area contributed by atoms with Gasteiger partial charge in [-0.2, -0.15) is 0 Å². The molecular formula is C16H21N3O6. The number of furan rings is 1. The van der Waals surface area contributed by atoms with Crippen molar-refractivity contribution in [3.63, 3.8) is 0 Å². The third-order valence-electron chi connectivity index (χ3n) is 5.07. The molecule has 9 heteroatoms. The Morgan fingerprint density at radius 1 is 1.16 bits per heavy atom. The second kappa shape index (κ2) is 6.50. The normalized spacial score (nSPS) is 32.8. The molecule has 0 amide bonds. The number of aromatic nitrogens is 2. The summed E-state index contributed by atoms with van der Waals surface area (Å²) >= 11 is 0. The molecule has 4 rings (SSSR count). The predicted molar refractivity (Wildman–Crippen MR) is 86.0 cm³/mol. The van der Waals surface area contributed by atoms with Crippen molar-refractivity contribution < 1.29 is 29.6 Å². The quantitative estimate of drug-likeness (QED) is 0.566. The average Bonchev–Trinajstić information content (AvgIpc) is 3.33. The highest BCUT2D eigenvalue weighted by atomic mass is 16.6. The number of rotatable bonds is 4. The van der Waals surface area contributed by atoms with Gasteiger partial charge in [-0.05, 0) is 12.8 Å². The monoisotopic (exact) mass is 351 g/mol. The lowest BCUT2D eigenvalue weighted by Gasteiger charge is -2.23. The number of anilines is 1. The fraction of sp³-hybridized carbons (Fsp3) is 0.625. The molecule has 2 fully saturated rings. The molecule has 4 heterocycles. The molecule has 25 heavy (non-hydrogen) atoms. The van der Waals surface area contributed by atoms with Crippen LogP contribution in [0.15, 0.2) is 17.0 Å². The summed E-state index contributed by atoms with van der Waals surface area (Å²) < 4.78 is 11.2. The Kier molecular flexibility index (Phi) is 4.34. The van der Waals surface area contributed by atoms with Gasteiger partial charge in [0.2, 0.25) is 0 Å². The van der Waals surface area contributed by atoms with Gasteiger partial charge in [-0.15, -0.1) is 0 Å². The van der Waals surface area contributed by atoms with Gasteiger partial charge in [0.1, 0.15) is 36.3 Å². The van der Waals surface area contributed by atoms with E-state index < -0.39 is 31.0 Å². The lowest BCUT2D eigenvalue weighted by Crippen LogP contribution is -2.33. The van der Waals surface area contributed by atoms with Gasteiger partial charge in [-0.1, -0.05) is 0 Å². The topological polar surface area (TPSA) is 132 Å². The van der Waals surface area contributed by atoms with E-state index in [0.29, 0.717) is 22.5 Å². The van der Waals surface area contributed by atoms with Crippen LogP contribution in [0, 0.1) is 0 Å². The van der Waals surface area contributed by atoms with Gasteiger partial charge in [0.05, 0.1) is 25.5 Å². The van der Waals surface area contributed by atoms with Crippen LogP contribution in [0.4, 0.5) is 5.82 Å². The first-order chi connectivity index (χ1) is 12.2. The molecule has 0 aliphatic carbocycles. The smallest absolute Gasteiger partial charge is 0.195 e. The number of aliphatic hydroxyl groups is 4. The molecule has 4 N–H and O–H groups in total. The highest BCUT2D eigenvalue weighted by Crippen LogP contribution is 2.39. The molecule has 2 aromatic rings. The van der Waals surface area contributed by atoms with E-state index in [-0.39, 0.29) is 12.6 Å². The number of hydrogen-bond donors (Lipinski definition) is 4. The lowest BCUT2D eigenvalue weighted by atomic mass is 10.0. The van der Waals surface area contributed by atoms with Crippen LogP contribution in [0.5, 0.6) is 0 Å². The molecule has 0 spiro atoms. The van der Waals surface area contributed by atoms with E-state index >= 15 is 0 Å². The van der Waals surface area contributed by atoms with Crippen LogP contribution >= 0.6 is 0 Å². The maximum atomic E-state index is 10.2. The van der Waals surface area contributed by atoms with E-state index in [1.165, 1.54) is 12.6 Å². The zero-order valence-electron chi connectivity index (χ0n) is 13.5. The van der Waals surface area contributed by atoms with Crippen molar-refractivity contribution in [2.24, 2.45) is 0 Å². The molecular weight excluding hydrogens is 330 g/mol. The van der Waals surface area contributed by atoms with Crippen molar-refractivity contribution in [3.8, 4) is 0 Å². The summed E-state index contributed by atoms with van der Waals surface area (Å²) in [7, 11) is 0. The van der Waals surface area contributed by atoms with Crippen LogP contribution in [0.1, 0.15) is 24.5 Å². The molecule has 2 unspecified atom stereocenters. The lowest BCUT2D eigenvalue weighted by molar-refractivity contribution is -0.0226. The summed E-state index contributed by atoms with van der Waals surface area (Å²) in [5, 5.41) is 39.0. The first-order valence-corrected chi connectivity index (χ1v) is 8.37. The SMILES string of the molecule is OCC1CCCN1c1ncnc2c(C3O[C@H](CO)[C@@H](O)[C@H]3O)coc12. The van der Waals surface area contributed by atoms with E-state index in [9.17, 15) is 20.4 Å². The van der Waals surface area contributed by atoms with Crippen LogP contribution in [0.25, 0.3) is 11.1 Å². The minimum absolute atomic E-state index is 0.0134. The van der Waals surface area contributed by atoms with Gasteiger partial charge < -0.3 is 34.5 Å². The van der Waals surface area contributed by atoms with Crippen molar-refractivity contribution in [1.82, 2.24) is 9.97 Å². The van der Waals surface area contributed by atoms with Crippen molar-refractivity contribution in [1.29, 1.82) is 0 Å². The van der Waals surface area contributed by atoms with Gasteiger partial charge >= 0.3 is 0 Å². The third kappa shape index (κ3) is 2.59. The molecule has 0 saturated carbocycles. The van der Waals surface area contributed by atoms with E-state index in [0.717, 1.165) is 19.4 Å². The zero-order chi connectivity index (χ0) is 17.6. The maximum Gasteiger partial charge on any atom is 0.195 e. The Balaban J connectivity index is 1.72. The van der Waals surface area contributed by atoms with E-state index in [1.807, 2.05) is 4.90 Å². The number of fused-ring (bicyclic) bond motifs is 1. The summed E-state index contributed by atoms with van der Waals surface area (Å²) in [6.45, 7) is 0.409. The second-order valence-electron chi connectivity index (χ2n) is 6.50. The number of nitrogens with zero attached hydrogens (tertiary/aromatic N) is 3. The van der Waals surface area contributed by atoms with Crippen LogP contribution in [-0.4, -0.2) is 74.5 Å². The molecule has 0 radical (unpaired) electrons. The Labute approximate surface area is 143 Å². The Bertz CT molecular complexity index is 753. The highest BCUT2D eigenvalue weighted by molar-refractivity contribution is 5.87. The molecule has 9 nitrogen and oxygen atoms in total. The molecule has 0 aromatic carbocycles. The van der Waals surface area contributed by atoms with Crippen LogP contribution in [0.3, 0.4) is 0 Å². The van der Waals surface area contributed by atoms with Crippen LogP contribution < -0.4 is 4.90 Å². The van der Waals surface area contributed by atoms with Crippen LogP contribution in [-0.2, 0) is 4.74 Å². The first-order valence-electron chi connectivity index (χ1n) is 8.37. The first kappa shape index (κ1) is 16.7. The fourth-order valence-electron chi connectivity index (χ4n) is 3.72. The van der Waals surface area contributed by atoms with E-state index in [1.54, 1.807) is 0 Å². The molecule has 2 saturated heterocycles. The summed E-state index contributed by atoms with van der Waals surface area (Å²) in [6.07, 6.45) is 0.612.